The van der Waals surface area contributed by atoms with Gasteiger partial charge in [0.2, 0.25) is 11.9 Å². The molecular formula is C35H44FN5O13S. The van der Waals surface area contributed by atoms with Crippen LogP contribution in [0.5, 0.6) is 11.5 Å². The van der Waals surface area contributed by atoms with Crippen molar-refractivity contribution in [1.29, 1.82) is 0 Å². The van der Waals surface area contributed by atoms with Crippen LogP contribution in [0.15, 0.2) is 59.8 Å². The van der Waals surface area contributed by atoms with Gasteiger partial charge in [-0.05, 0) is 67.3 Å². The first-order chi connectivity index (χ1) is 26.4. The van der Waals surface area contributed by atoms with Crippen molar-refractivity contribution in [3.63, 3.8) is 0 Å². The molecule has 0 aliphatic rings. The highest BCUT2D eigenvalue weighted by Crippen LogP contribution is 2.26. The largest absolute Gasteiger partial charge is 0.481 e. The number of nitrogens with zero attached hydrogens (tertiary/aromatic N) is 2. The minimum Gasteiger partial charge on any atom is -0.481 e. The van der Waals surface area contributed by atoms with Crippen LogP contribution < -0.4 is 20.1 Å². The summed E-state index contributed by atoms with van der Waals surface area (Å²) in [6, 6.07) is 9.76. The molecule has 2 amide bonds. The fourth-order valence-electron chi connectivity index (χ4n) is 4.49. The van der Waals surface area contributed by atoms with E-state index < -0.39 is 40.3 Å². The number of ether oxygens (including phenoxy) is 5. The second-order valence-corrected chi connectivity index (χ2v) is 13.2. The van der Waals surface area contributed by atoms with Gasteiger partial charge in [0.15, 0.2) is 0 Å². The smallest absolute Gasteiger partial charge is 0.329 e. The summed E-state index contributed by atoms with van der Waals surface area (Å²) in [5.41, 5.74) is 0.507. The molecule has 1 heterocycles. The molecule has 0 unspecified atom stereocenters. The van der Waals surface area contributed by atoms with Crippen molar-refractivity contribution >= 4 is 39.7 Å². The lowest BCUT2D eigenvalue weighted by atomic mass is 10.1. The van der Waals surface area contributed by atoms with E-state index in [4.69, 9.17) is 33.9 Å². The molecule has 0 atom stereocenters. The number of carbonyl (C=O) groups excluding carboxylic acids is 2. The zero-order chi connectivity index (χ0) is 39.9. The van der Waals surface area contributed by atoms with E-state index in [2.05, 4.69) is 25.3 Å². The Morgan fingerprint density at radius 2 is 1.33 bits per heavy atom. The maximum atomic E-state index is 14.3. The Bertz CT molecular complexity index is 1780. The quantitative estimate of drug-likeness (QED) is 0.0662. The van der Waals surface area contributed by atoms with Crippen molar-refractivity contribution in [2.45, 2.75) is 37.0 Å². The lowest BCUT2D eigenvalue weighted by Gasteiger charge is -2.11. The maximum Gasteiger partial charge on any atom is 0.329 e. The molecule has 0 saturated carbocycles. The third-order valence-corrected chi connectivity index (χ3v) is 8.51. The Balaban J connectivity index is 1.30. The van der Waals surface area contributed by atoms with Gasteiger partial charge in [-0.25, -0.2) is 32.3 Å². The van der Waals surface area contributed by atoms with Crippen LogP contribution in [0.3, 0.4) is 0 Å². The minimum atomic E-state index is -4.10. The van der Waals surface area contributed by atoms with E-state index in [9.17, 15) is 32.0 Å². The number of halogens is 1. The van der Waals surface area contributed by atoms with Crippen LogP contribution in [0.1, 0.15) is 41.6 Å². The minimum absolute atomic E-state index is 0.0645. The molecule has 2 aromatic carbocycles. The molecule has 0 spiro atoms. The Labute approximate surface area is 316 Å². The van der Waals surface area contributed by atoms with Crippen molar-refractivity contribution < 1.29 is 65.9 Å². The van der Waals surface area contributed by atoms with Gasteiger partial charge in [-0.3, -0.25) is 14.4 Å². The van der Waals surface area contributed by atoms with Gasteiger partial charge in [0.05, 0.1) is 50.1 Å². The fraction of sp³-hybridized carbons (Fsp3) is 0.429. The van der Waals surface area contributed by atoms with Gasteiger partial charge in [0.25, 0.3) is 15.9 Å². The molecule has 5 N–H and O–H groups in total. The number of benzene rings is 2. The van der Waals surface area contributed by atoms with Crippen LogP contribution in [0.25, 0.3) is 0 Å². The third-order valence-electron chi connectivity index (χ3n) is 7.17. The van der Waals surface area contributed by atoms with E-state index in [1.54, 1.807) is 6.07 Å². The third kappa shape index (κ3) is 18.1. The van der Waals surface area contributed by atoms with E-state index in [-0.39, 0.29) is 88.1 Å². The average Bonchev–Trinajstić information content (AvgIpc) is 3.15. The molecule has 18 nitrogen and oxygen atoms in total. The number of carbonyl (C=O) groups is 4. The van der Waals surface area contributed by atoms with E-state index in [1.165, 1.54) is 36.4 Å². The number of carboxylic acids is 2. The normalized spacial score (nSPS) is 11.1. The Kier molecular flexibility index (Phi) is 19.4. The van der Waals surface area contributed by atoms with Crippen LogP contribution in [0.2, 0.25) is 0 Å². The Hall–Kier alpha value is -5.28. The fourth-order valence-corrected chi connectivity index (χ4v) is 5.45. The molecule has 55 heavy (non-hydrogen) atoms. The lowest BCUT2D eigenvalue weighted by molar-refractivity contribution is -0.143. The Morgan fingerprint density at radius 1 is 0.709 bits per heavy atom. The summed E-state index contributed by atoms with van der Waals surface area (Å²) in [4.78, 5) is 52.9. The van der Waals surface area contributed by atoms with Gasteiger partial charge in [0, 0.05) is 31.9 Å². The topological polar surface area (TPSA) is 251 Å². The van der Waals surface area contributed by atoms with Gasteiger partial charge >= 0.3 is 11.9 Å². The van der Waals surface area contributed by atoms with Crippen LogP contribution in [0.4, 0.5) is 10.3 Å². The first-order valence-electron chi connectivity index (χ1n) is 17.1. The molecule has 20 heteroatoms. The standard InChI is InChI=1S/C35H44FN5O13S/c36-30-11-8-28(20-25(30)4-2-1-3-5-32(43)44)54-27-6-9-29(10-7-27)55(48,49)41-35-39-21-26(22-40-35)34(47)38-13-15-51-16-18-52-23-31(42)37-12-14-50-17-19-53-24-33(45)46/h6-11,20-22H,1-5,12-19,23-24H2,(H,37,42)(H,38,47)(H,43,44)(H,45,46)(H,39,40,41). The molecule has 0 fully saturated rings. The predicted molar refractivity (Wildman–Crippen MR) is 192 cm³/mol. The summed E-state index contributed by atoms with van der Waals surface area (Å²) in [5, 5.41) is 22.4. The highest BCUT2D eigenvalue weighted by atomic mass is 32.2. The summed E-state index contributed by atoms with van der Waals surface area (Å²) in [6.07, 6.45) is 4.57. The van der Waals surface area contributed by atoms with Crippen molar-refractivity contribution in [1.82, 2.24) is 20.6 Å². The summed E-state index contributed by atoms with van der Waals surface area (Å²) in [6.45, 7) is 0.832. The second kappa shape index (κ2) is 24.2. The molecule has 3 rings (SSSR count). The average molecular weight is 794 g/mol. The molecule has 300 valence electrons. The van der Waals surface area contributed by atoms with E-state index in [0.29, 0.717) is 42.7 Å². The van der Waals surface area contributed by atoms with E-state index >= 15 is 0 Å². The van der Waals surface area contributed by atoms with Crippen LogP contribution in [-0.2, 0) is 49.8 Å². The number of aromatic nitrogens is 2. The zero-order valence-electron chi connectivity index (χ0n) is 29.9. The summed E-state index contributed by atoms with van der Waals surface area (Å²) < 4.78 is 68.7. The highest BCUT2D eigenvalue weighted by molar-refractivity contribution is 7.92. The molecule has 0 radical (unpaired) electrons. The van der Waals surface area contributed by atoms with Crippen molar-refractivity contribution in [2.24, 2.45) is 0 Å². The monoisotopic (exact) mass is 793 g/mol. The molecule has 3 aromatic rings. The number of aryl methyl sites for hydroxylation is 1. The molecule has 0 bridgehead atoms. The van der Waals surface area contributed by atoms with E-state index in [0.717, 1.165) is 12.4 Å². The summed E-state index contributed by atoms with van der Waals surface area (Å²) in [5.74, 6) is -2.79. The predicted octanol–water partition coefficient (Wildman–Crippen LogP) is 2.39. The molecule has 1 aromatic heterocycles. The lowest BCUT2D eigenvalue weighted by Crippen LogP contribution is -2.31. The van der Waals surface area contributed by atoms with Crippen LogP contribution in [-0.4, -0.2) is 118 Å². The first kappa shape index (κ1) is 44.1. The van der Waals surface area contributed by atoms with E-state index in [1.807, 2.05) is 0 Å². The zero-order valence-corrected chi connectivity index (χ0v) is 30.7. The van der Waals surface area contributed by atoms with Gasteiger partial charge < -0.3 is 44.5 Å². The SMILES string of the molecule is O=C(O)CCCCCc1cc(Oc2ccc(S(=O)(=O)Nc3ncc(C(=O)NCCOCCOCC(=O)NCCOCCOCC(=O)O)cn3)cc2)ccc1F. The van der Waals surface area contributed by atoms with Gasteiger partial charge in [-0.15, -0.1) is 0 Å². The molecule has 0 aliphatic heterocycles. The number of nitrogens with one attached hydrogen (secondary N) is 3. The number of sulfonamides is 1. The number of hydrogen-bond acceptors (Lipinski definition) is 13. The first-order valence-corrected chi connectivity index (χ1v) is 18.6. The molecule has 0 saturated heterocycles. The molecule has 0 aliphatic carbocycles. The maximum absolute atomic E-state index is 14.3. The van der Waals surface area contributed by atoms with Crippen molar-refractivity contribution in [3.05, 3.63) is 71.8 Å². The Morgan fingerprint density at radius 3 is 1.98 bits per heavy atom. The van der Waals surface area contributed by atoms with Crippen LogP contribution >= 0.6 is 0 Å². The van der Waals surface area contributed by atoms with Crippen molar-refractivity contribution in [2.75, 3.05) is 70.7 Å². The second-order valence-electron chi connectivity index (χ2n) is 11.5. The number of rotatable bonds is 28. The van der Waals surface area contributed by atoms with Gasteiger partial charge in [-0.2, -0.15) is 0 Å². The number of amides is 2. The van der Waals surface area contributed by atoms with Crippen molar-refractivity contribution in [3.8, 4) is 11.5 Å². The van der Waals surface area contributed by atoms with Crippen LogP contribution in [0, 0.1) is 5.82 Å². The number of aliphatic carboxylic acids is 2. The highest BCUT2D eigenvalue weighted by Gasteiger charge is 2.17. The summed E-state index contributed by atoms with van der Waals surface area (Å²) >= 11 is 0. The van der Waals surface area contributed by atoms with Gasteiger partial charge in [0.1, 0.15) is 30.5 Å². The van der Waals surface area contributed by atoms with Gasteiger partial charge in [-0.1, -0.05) is 6.42 Å². The number of unbranched alkanes of at least 4 members (excludes halogenated alkanes) is 2. The number of hydrogen-bond donors (Lipinski definition) is 5. The number of anilines is 1. The molecular weight excluding hydrogens is 749 g/mol. The number of carboxylic acid groups (broad SMARTS) is 2. The summed E-state index contributed by atoms with van der Waals surface area (Å²) in [7, 11) is -4.10.